The third-order valence-corrected chi connectivity index (χ3v) is 3.49. The molecular formula is C18H21NO3. The fourth-order valence-electron chi connectivity index (χ4n) is 2.23. The molecule has 116 valence electrons. The van der Waals surface area contributed by atoms with Crippen LogP contribution in [-0.4, -0.2) is 22.7 Å². The van der Waals surface area contributed by atoms with Gasteiger partial charge in [0, 0.05) is 6.54 Å². The van der Waals surface area contributed by atoms with Crippen molar-refractivity contribution in [2.75, 3.05) is 6.54 Å². The van der Waals surface area contributed by atoms with Crippen LogP contribution in [0.25, 0.3) is 0 Å². The number of carbonyl (C=O) groups excluding carboxylic acids is 1. The average Bonchev–Trinajstić information content (AvgIpc) is 2.56. The third kappa shape index (κ3) is 4.98. The van der Waals surface area contributed by atoms with Gasteiger partial charge in [-0.15, -0.1) is 0 Å². The van der Waals surface area contributed by atoms with Crippen LogP contribution in [0.2, 0.25) is 0 Å². The zero-order valence-electron chi connectivity index (χ0n) is 12.4. The van der Waals surface area contributed by atoms with E-state index in [1.165, 1.54) is 0 Å². The van der Waals surface area contributed by atoms with Gasteiger partial charge in [-0.2, -0.15) is 0 Å². The number of aliphatic hydroxyl groups is 2. The summed E-state index contributed by atoms with van der Waals surface area (Å²) in [6, 6.07) is 18.4. The molecule has 0 heterocycles. The molecule has 1 amide bonds. The third-order valence-electron chi connectivity index (χ3n) is 3.49. The van der Waals surface area contributed by atoms with Crippen molar-refractivity contribution in [3.63, 3.8) is 0 Å². The standard InChI is InChI=1S/C18H21NO3/c20-16(14-7-3-1-4-8-14)11-12-19-18(22)13-17(21)15-9-5-2-6-10-15/h1-10,16-17,20-21H,11-13H2,(H,19,22). The van der Waals surface area contributed by atoms with Crippen LogP contribution in [0, 0.1) is 0 Å². The summed E-state index contributed by atoms with van der Waals surface area (Å²) in [7, 11) is 0. The summed E-state index contributed by atoms with van der Waals surface area (Å²) in [6.07, 6.45) is -0.941. The van der Waals surface area contributed by atoms with E-state index >= 15 is 0 Å². The van der Waals surface area contributed by atoms with Crippen molar-refractivity contribution in [2.24, 2.45) is 0 Å². The van der Waals surface area contributed by atoms with Gasteiger partial charge in [0.2, 0.25) is 5.91 Å². The molecular weight excluding hydrogens is 278 g/mol. The highest BCUT2D eigenvalue weighted by molar-refractivity contribution is 5.76. The van der Waals surface area contributed by atoms with E-state index < -0.39 is 12.2 Å². The predicted molar refractivity (Wildman–Crippen MR) is 85.0 cm³/mol. The van der Waals surface area contributed by atoms with Gasteiger partial charge in [0.25, 0.3) is 0 Å². The Balaban J connectivity index is 1.72. The first-order chi connectivity index (χ1) is 10.7. The first-order valence-corrected chi connectivity index (χ1v) is 7.39. The minimum atomic E-state index is -0.805. The Morgan fingerprint density at radius 1 is 0.864 bits per heavy atom. The number of aliphatic hydroxyl groups excluding tert-OH is 2. The van der Waals surface area contributed by atoms with Gasteiger partial charge in [0.05, 0.1) is 18.6 Å². The van der Waals surface area contributed by atoms with E-state index in [2.05, 4.69) is 5.32 Å². The van der Waals surface area contributed by atoms with E-state index in [0.29, 0.717) is 13.0 Å². The summed E-state index contributed by atoms with van der Waals surface area (Å²) in [4.78, 5) is 11.8. The van der Waals surface area contributed by atoms with Gasteiger partial charge in [-0.25, -0.2) is 0 Å². The lowest BCUT2D eigenvalue weighted by atomic mass is 10.1. The lowest BCUT2D eigenvalue weighted by molar-refractivity contribution is -0.123. The number of hydrogen-bond donors (Lipinski definition) is 3. The minimum Gasteiger partial charge on any atom is -0.388 e. The van der Waals surface area contributed by atoms with Gasteiger partial charge in [-0.05, 0) is 17.5 Å². The molecule has 0 aliphatic heterocycles. The second-order valence-electron chi connectivity index (χ2n) is 5.20. The molecule has 0 radical (unpaired) electrons. The Morgan fingerprint density at radius 2 is 1.36 bits per heavy atom. The second kappa shape index (κ2) is 8.32. The highest BCUT2D eigenvalue weighted by Crippen LogP contribution is 2.17. The Labute approximate surface area is 130 Å². The van der Waals surface area contributed by atoms with Gasteiger partial charge >= 0.3 is 0 Å². The molecule has 0 spiro atoms. The molecule has 2 rings (SSSR count). The quantitative estimate of drug-likeness (QED) is 0.735. The van der Waals surface area contributed by atoms with Gasteiger partial charge in [-0.3, -0.25) is 4.79 Å². The number of hydrogen-bond acceptors (Lipinski definition) is 3. The van der Waals surface area contributed by atoms with Crippen LogP contribution in [0.4, 0.5) is 0 Å². The van der Waals surface area contributed by atoms with Gasteiger partial charge in [0.1, 0.15) is 0 Å². The van der Waals surface area contributed by atoms with E-state index in [9.17, 15) is 15.0 Å². The van der Waals surface area contributed by atoms with E-state index in [1.54, 1.807) is 12.1 Å². The van der Waals surface area contributed by atoms with Crippen molar-refractivity contribution in [3.05, 3.63) is 71.8 Å². The van der Waals surface area contributed by atoms with Crippen molar-refractivity contribution >= 4 is 5.91 Å². The van der Waals surface area contributed by atoms with E-state index in [1.807, 2.05) is 48.5 Å². The molecule has 3 N–H and O–H groups in total. The number of nitrogens with one attached hydrogen (secondary N) is 1. The lowest BCUT2D eigenvalue weighted by Gasteiger charge is -2.13. The van der Waals surface area contributed by atoms with Crippen molar-refractivity contribution < 1.29 is 15.0 Å². The van der Waals surface area contributed by atoms with Crippen LogP contribution >= 0.6 is 0 Å². The lowest BCUT2D eigenvalue weighted by Crippen LogP contribution is -2.27. The summed E-state index contributed by atoms with van der Waals surface area (Å²) in [5, 5.41) is 22.7. The van der Waals surface area contributed by atoms with Crippen LogP contribution in [0.1, 0.15) is 36.2 Å². The molecule has 0 aliphatic rings. The first kappa shape index (κ1) is 16.2. The molecule has 0 saturated heterocycles. The molecule has 2 unspecified atom stereocenters. The molecule has 22 heavy (non-hydrogen) atoms. The van der Waals surface area contributed by atoms with Crippen LogP contribution in [-0.2, 0) is 4.79 Å². The number of rotatable bonds is 7. The van der Waals surface area contributed by atoms with E-state index in [4.69, 9.17) is 0 Å². The van der Waals surface area contributed by atoms with E-state index in [0.717, 1.165) is 11.1 Å². The molecule has 0 bridgehead atoms. The Bertz CT molecular complexity index is 571. The monoisotopic (exact) mass is 299 g/mol. The zero-order chi connectivity index (χ0) is 15.8. The minimum absolute atomic E-state index is 0.0193. The predicted octanol–water partition coefficient (Wildman–Crippen LogP) is 2.35. The number of carbonyl (C=O) groups is 1. The van der Waals surface area contributed by atoms with Crippen LogP contribution in [0.3, 0.4) is 0 Å². The summed E-state index contributed by atoms with van der Waals surface area (Å²) in [6.45, 7) is 0.371. The number of benzene rings is 2. The molecule has 0 aromatic heterocycles. The molecule has 0 aliphatic carbocycles. The van der Waals surface area contributed by atoms with Crippen molar-refractivity contribution in [3.8, 4) is 0 Å². The van der Waals surface area contributed by atoms with Crippen LogP contribution in [0.15, 0.2) is 60.7 Å². The fourth-order valence-corrected chi connectivity index (χ4v) is 2.23. The summed E-state index contributed by atoms with van der Waals surface area (Å²) in [5.41, 5.74) is 1.56. The van der Waals surface area contributed by atoms with Gasteiger partial charge in [0.15, 0.2) is 0 Å². The summed E-state index contributed by atoms with van der Waals surface area (Å²) in [5.74, 6) is -0.225. The first-order valence-electron chi connectivity index (χ1n) is 7.39. The second-order valence-corrected chi connectivity index (χ2v) is 5.20. The Hall–Kier alpha value is -2.17. The SMILES string of the molecule is O=C(CC(O)c1ccccc1)NCCC(O)c1ccccc1. The maximum absolute atomic E-state index is 11.8. The van der Waals surface area contributed by atoms with Gasteiger partial charge in [-0.1, -0.05) is 60.7 Å². The maximum atomic E-state index is 11.8. The summed E-state index contributed by atoms with van der Waals surface area (Å²) < 4.78 is 0. The molecule has 0 fully saturated rings. The van der Waals surface area contributed by atoms with Gasteiger partial charge < -0.3 is 15.5 Å². The van der Waals surface area contributed by atoms with Crippen molar-refractivity contribution in [1.82, 2.24) is 5.32 Å². The summed E-state index contributed by atoms with van der Waals surface area (Å²) >= 11 is 0. The Morgan fingerprint density at radius 3 is 1.91 bits per heavy atom. The topological polar surface area (TPSA) is 69.6 Å². The molecule has 2 aromatic carbocycles. The highest BCUT2D eigenvalue weighted by Gasteiger charge is 2.13. The smallest absolute Gasteiger partial charge is 0.222 e. The van der Waals surface area contributed by atoms with E-state index in [-0.39, 0.29) is 12.3 Å². The molecule has 0 saturated carbocycles. The zero-order valence-corrected chi connectivity index (χ0v) is 12.4. The average molecular weight is 299 g/mol. The van der Waals surface area contributed by atoms with Crippen LogP contribution in [0.5, 0.6) is 0 Å². The molecule has 2 atom stereocenters. The fraction of sp³-hybridized carbons (Fsp3) is 0.278. The molecule has 4 nitrogen and oxygen atoms in total. The number of amides is 1. The normalized spacial score (nSPS) is 13.4. The van der Waals surface area contributed by atoms with Crippen molar-refractivity contribution in [2.45, 2.75) is 25.0 Å². The van der Waals surface area contributed by atoms with Crippen LogP contribution < -0.4 is 5.32 Å². The maximum Gasteiger partial charge on any atom is 0.222 e. The molecule has 2 aromatic rings. The van der Waals surface area contributed by atoms with Crippen molar-refractivity contribution in [1.29, 1.82) is 0 Å². The molecule has 4 heteroatoms. The Kier molecular flexibility index (Phi) is 6.13. The highest BCUT2D eigenvalue weighted by atomic mass is 16.3. The largest absolute Gasteiger partial charge is 0.388 e.